The zero-order valence-electron chi connectivity index (χ0n) is 13.2. The molecular formula is C19H15Cl2N3O. The molecule has 0 aliphatic rings. The third kappa shape index (κ3) is 4.72. The van der Waals surface area contributed by atoms with Crippen molar-refractivity contribution in [3.8, 4) is 0 Å². The Bertz CT molecular complexity index is 882. The predicted molar refractivity (Wildman–Crippen MR) is 102 cm³/mol. The van der Waals surface area contributed by atoms with Crippen LogP contribution >= 0.6 is 23.2 Å². The Morgan fingerprint density at radius 3 is 2.56 bits per heavy atom. The van der Waals surface area contributed by atoms with Crippen LogP contribution < -0.4 is 10.6 Å². The highest BCUT2D eigenvalue weighted by Gasteiger charge is 2.07. The van der Waals surface area contributed by atoms with E-state index in [0.29, 0.717) is 33.7 Å². The standard InChI is InChI=1S/C19H15Cl2N3O/c20-15-5-3-6-16(10-15)24-19(25)14-8-9-18(23-12-14)22-11-13-4-1-2-7-17(13)21/h1-10,12H,11H2,(H,22,23)(H,24,25). The van der Waals surface area contributed by atoms with Crippen LogP contribution in [-0.2, 0) is 6.54 Å². The first-order valence-electron chi connectivity index (χ1n) is 7.62. The summed E-state index contributed by atoms with van der Waals surface area (Å²) in [5.74, 6) is 0.423. The predicted octanol–water partition coefficient (Wildman–Crippen LogP) is 5.25. The second-order valence-corrected chi connectivity index (χ2v) is 6.19. The number of hydrogen-bond acceptors (Lipinski definition) is 3. The van der Waals surface area contributed by atoms with Crippen molar-refractivity contribution in [3.63, 3.8) is 0 Å². The van der Waals surface area contributed by atoms with Gasteiger partial charge in [0.05, 0.1) is 5.56 Å². The summed E-state index contributed by atoms with van der Waals surface area (Å²) in [5.41, 5.74) is 2.08. The zero-order valence-corrected chi connectivity index (χ0v) is 14.7. The van der Waals surface area contributed by atoms with Crippen LogP contribution in [0, 0.1) is 0 Å². The van der Waals surface area contributed by atoms with Gasteiger partial charge in [-0.3, -0.25) is 4.79 Å². The fraction of sp³-hybridized carbons (Fsp3) is 0.0526. The minimum absolute atomic E-state index is 0.243. The second-order valence-electron chi connectivity index (χ2n) is 5.34. The molecule has 0 atom stereocenters. The van der Waals surface area contributed by atoms with Crippen molar-refractivity contribution in [2.45, 2.75) is 6.54 Å². The minimum Gasteiger partial charge on any atom is -0.366 e. The number of pyridine rings is 1. The second kappa shape index (κ2) is 8.01. The molecule has 3 aromatic rings. The van der Waals surface area contributed by atoms with Crippen LogP contribution in [0.5, 0.6) is 0 Å². The number of rotatable bonds is 5. The molecule has 3 rings (SSSR count). The molecule has 126 valence electrons. The van der Waals surface area contributed by atoms with E-state index in [9.17, 15) is 4.79 Å². The number of nitrogens with one attached hydrogen (secondary N) is 2. The lowest BCUT2D eigenvalue weighted by Crippen LogP contribution is -2.12. The summed E-state index contributed by atoms with van der Waals surface area (Å²) in [6.07, 6.45) is 1.52. The van der Waals surface area contributed by atoms with Gasteiger partial charge in [0.25, 0.3) is 5.91 Å². The molecule has 1 aromatic heterocycles. The van der Waals surface area contributed by atoms with Gasteiger partial charge in [0.2, 0.25) is 0 Å². The summed E-state index contributed by atoms with van der Waals surface area (Å²) in [4.78, 5) is 16.5. The molecule has 0 saturated carbocycles. The Balaban J connectivity index is 1.61. The number of aromatic nitrogens is 1. The van der Waals surface area contributed by atoms with E-state index in [-0.39, 0.29) is 5.91 Å². The van der Waals surface area contributed by atoms with Gasteiger partial charge in [0.15, 0.2) is 0 Å². The average Bonchev–Trinajstić information content (AvgIpc) is 2.61. The van der Waals surface area contributed by atoms with Gasteiger partial charge in [0.1, 0.15) is 5.82 Å². The van der Waals surface area contributed by atoms with Crippen LogP contribution in [0.25, 0.3) is 0 Å². The monoisotopic (exact) mass is 371 g/mol. The van der Waals surface area contributed by atoms with Crippen LogP contribution in [-0.4, -0.2) is 10.9 Å². The summed E-state index contributed by atoms with van der Waals surface area (Å²) < 4.78 is 0. The highest BCUT2D eigenvalue weighted by Crippen LogP contribution is 2.18. The largest absolute Gasteiger partial charge is 0.366 e. The highest BCUT2D eigenvalue weighted by atomic mass is 35.5. The number of carbonyl (C=O) groups is 1. The Morgan fingerprint density at radius 1 is 1.00 bits per heavy atom. The van der Waals surface area contributed by atoms with Crippen molar-refractivity contribution >= 4 is 40.6 Å². The van der Waals surface area contributed by atoms with Gasteiger partial charge in [-0.25, -0.2) is 4.98 Å². The first kappa shape index (κ1) is 17.3. The zero-order chi connectivity index (χ0) is 17.6. The number of benzene rings is 2. The van der Waals surface area contributed by atoms with Gasteiger partial charge in [-0.2, -0.15) is 0 Å². The van der Waals surface area contributed by atoms with E-state index in [4.69, 9.17) is 23.2 Å². The van der Waals surface area contributed by atoms with E-state index in [0.717, 1.165) is 5.56 Å². The van der Waals surface area contributed by atoms with Gasteiger partial charge < -0.3 is 10.6 Å². The van der Waals surface area contributed by atoms with Crippen molar-refractivity contribution in [1.29, 1.82) is 0 Å². The molecule has 0 radical (unpaired) electrons. The number of amides is 1. The molecule has 1 amide bonds. The first-order valence-corrected chi connectivity index (χ1v) is 8.38. The normalized spacial score (nSPS) is 10.3. The van der Waals surface area contributed by atoms with E-state index >= 15 is 0 Å². The topological polar surface area (TPSA) is 54.0 Å². The average molecular weight is 372 g/mol. The molecule has 1 heterocycles. The summed E-state index contributed by atoms with van der Waals surface area (Å²) in [6, 6.07) is 18.1. The number of carbonyl (C=O) groups excluding carboxylic acids is 1. The molecule has 0 bridgehead atoms. The molecule has 0 fully saturated rings. The van der Waals surface area contributed by atoms with E-state index < -0.39 is 0 Å². The van der Waals surface area contributed by atoms with Crippen molar-refractivity contribution in [2.75, 3.05) is 10.6 Å². The summed E-state index contributed by atoms with van der Waals surface area (Å²) in [6.45, 7) is 0.556. The number of hydrogen-bond donors (Lipinski definition) is 2. The van der Waals surface area contributed by atoms with Crippen molar-refractivity contribution in [2.24, 2.45) is 0 Å². The van der Waals surface area contributed by atoms with Gasteiger partial charge in [-0.15, -0.1) is 0 Å². The van der Waals surface area contributed by atoms with Gasteiger partial charge in [-0.1, -0.05) is 47.5 Å². The van der Waals surface area contributed by atoms with Crippen LogP contribution in [0.2, 0.25) is 10.0 Å². The third-order valence-corrected chi connectivity index (χ3v) is 4.13. The molecule has 25 heavy (non-hydrogen) atoms. The van der Waals surface area contributed by atoms with E-state index in [1.165, 1.54) is 6.20 Å². The Morgan fingerprint density at radius 2 is 1.84 bits per heavy atom. The SMILES string of the molecule is O=C(Nc1cccc(Cl)c1)c1ccc(NCc2ccccc2Cl)nc1. The molecule has 0 saturated heterocycles. The molecule has 2 aromatic carbocycles. The molecule has 0 aliphatic heterocycles. The minimum atomic E-state index is -0.243. The maximum Gasteiger partial charge on any atom is 0.257 e. The first-order chi connectivity index (χ1) is 12.1. The lowest BCUT2D eigenvalue weighted by Gasteiger charge is -2.08. The van der Waals surface area contributed by atoms with Gasteiger partial charge in [-0.05, 0) is 42.0 Å². The summed E-state index contributed by atoms with van der Waals surface area (Å²) >= 11 is 12.0. The van der Waals surface area contributed by atoms with E-state index in [1.54, 1.807) is 36.4 Å². The highest BCUT2D eigenvalue weighted by molar-refractivity contribution is 6.31. The van der Waals surface area contributed by atoms with Crippen molar-refractivity contribution in [1.82, 2.24) is 4.98 Å². The number of nitrogens with zero attached hydrogens (tertiary/aromatic N) is 1. The van der Waals surface area contributed by atoms with Crippen molar-refractivity contribution < 1.29 is 4.79 Å². The van der Waals surface area contributed by atoms with E-state index in [2.05, 4.69) is 15.6 Å². The number of halogens is 2. The molecule has 4 nitrogen and oxygen atoms in total. The summed E-state index contributed by atoms with van der Waals surface area (Å²) in [7, 11) is 0. The maximum atomic E-state index is 12.2. The molecule has 6 heteroatoms. The molecule has 2 N–H and O–H groups in total. The lowest BCUT2D eigenvalue weighted by molar-refractivity contribution is 0.102. The Hall–Kier alpha value is -2.56. The molecule has 0 aliphatic carbocycles. The quantitative estimate of drug-likeness (QED) is 0.643. The third-order valence-electron chi connectivity index (χ3n) is 3.53. The van der Waals surface area contributed by atoms with Crippen molar-refractivity contribution in [3.05, 3.63) is 88.0 Å². The van der Waals surface area contributed by atoms with Crippen LogP contribution in [0.4, 0.5) is 11.5 Å². The van der Waals surface area contributed by atoms with Crippen LogP contribution in [0.15, 0.2) is 66.9 Å². The molecule has 0 spiro atoms. The molecular weight excluding hydrogens is 357 g/mol. The number of anilines is 2. The van der Waals surface area contributed by atoms with Gasteiger partial charge >= 0.3 is 0 Å². The summed E-state index contributed by atoms with van der Waals surface area (Å²) in [5, 5.41) is 7.23. The van der Waals surface area contributed by atoms with E-state index in [1.807, 2.05) is 24.3 Å². The maximum absolute atomic E-state index is 12.2. The fourth-order valence-electron chi connectivity index (χ4n) is 2.23. The van der Waals surface area contributed by atoms with Crippen LogP contribution in [0.1, 0.15) is 15.9 Å². The Kier molecular flexibility index (Phi) is 5.53. The molecule has 0 unspecified atom stereocenters. The fourth-order valence-corrected chi connectivity index (χ4v) is 2.62. The Labute approximate surface area is 155 Å². The smallest absolute Gasteiger partial charge is 0.257 e. The van der Waals surface area contributed by atoms with Crippen LogP contribution in [0.3, 0.4) is 0 Å². The lowest BCUT2D eigenvalue weighted by atomic mass is 10.2. The van der Waals surface area contributed by atoms with Gasteiger partial charge in [0, 0.05) is 28.5 Å².